The summed E-state index contributed by atoms with van der Waals surface area (Å²) in [6.07, 6.45) is 3.41. The van der Waals surface area contributed by atoms with E-state index >= 15 is 4.39 Å². The van der Waals surface area contributed by atoms with E-state index in [0.29, 0.717) is 30.8 Å². The number of carbonyl (C=O) groups is 1. The van der Waals surface area contributed by atoms with Crippen molar-refractivity contribution in [3.63, 3.8) is 0 Å². The lowest BCUT2D eigenvalue weighted by Crippen LogP contribution is -2.53. The van der Waals surface area contributed by atoms with Crippen molar-refractivity contribution in [3.8, 4) is 6.07 Å². The van der Waals surface area contributed by atoms with Gasteiger partial charge in [0.05, 0.1) is 29.7 Å². The predicted octanol–water partition coefficient (Wildman–Crippen LogP) is 3.78. The van der Waals surface area contributed by atoms with Gasteiger partial charge in [0.2, 0.25) is 5.43 Å². The van der Waals surface area contributed by atoms with E-state index in [9.17, 15) is 20.0 Å². The molecule has 1 saturated heterocycles. The number of benzene rings is 2. The minimum absolute atomic E-state index is 0.0765. The summed E-state index contributed by atoms with van der Waals surface area (Å²) in [4.78, 5) is 28.5. The highest BCUT2D eigenvalue weighted by Crippen LogP contribution is 2.38. The molecule has 1 atom stereocenters. The second-order valence-electron chi connectivity index (χ2n) is 9.07. The van der Waals surface area contributed by atoms with Crippen molar-refractivity contribution in [2.45, 2.75) is 37.9 Å². The molecule has 1 aromatic heterocycles. The molecule has 2 fully saturated rings. The highest BCUT2D eigenvalue weighted by atomic mass is 19.1. The Hall–Kier alpha value is -3.70. The van der Waals surface area contributed by atoms with Crippen LogP contribution in [0.3, 0.4) is 0 Å². The van der Waals surface area contributed by atoms with E-state index in [1.165, 1.54) is 11.8 Å². The van der Waals surface area contributed by atoms with Gasteiger partial charge in [-0.1, -0.05) is 30.3 Å². The van der Waals surface area contributed by atoms with Crippen LogP contribution in [0.1, 0.15) is 41.2 Å². The van der Waals surface area contributed by atoms with Crippen LogP contribution in [0.4, 0.5) is 10.1 Å². The predicted molar refractivity (Wildman–Crippen MR) is 126 cm³/mol. The van der Waals surface area contributed by atoms with E-state index in [1.807, 2.05) is 23.1 Å². The number of rotatable bonds is 6. The molecule has 7 nitrogen and oxygen atoms in total. The fourth-order valence-electron chi connectivity index (χ4n) is 4.89. The summed E-state index contributed by atoms with van der Waals surface area (Å²) in [6, 6.07) is 15.1. The molecule has 3 aromatic rings. The molecule has 174 valence electrons. The number of hydrogen-bond acceptors (Lipinski definition) is 5. The Morgan fingerprint density at radius 1 is 1.18 bits per heavy atom. The first-order valence-electron chi connectivity index (χ1n) is 11.5. The third kappa shape index (κ3) is 4.15. The van der Waals surface area contributed by atoms with E-state index in [2.05, 4.69) is 23.1 Å². The molecule has 1 saturated carbocycles. The maximum atomic E-state index is 15.4. The van der Waals surface area contributed by atoms with Crippen molar-refractivity contribution < 1.29 is 14.3 Å². The highest BCUT2D eigenvalue weighted by Gasteiger charge is 2.31. The van der Waals surface area contributed by atoms with Crippen molar-refractivity contribution in [1.82, 2.24) is 9.47 Å². The van der Waals surface area contributed by atoms with E-state index in [4.69, 9.17) is 0 Å². The second-order valence-corrected chi connectivity index (χ2v) is 9.07. The van der Waals surface area contributed by atoms with E-state index in [1.54, 1.807) is 10.6 Å². The fraction of sp³-hybridized carbons (Fsp3) is 0.346. The Morgan fingerprint density at radius 2 is 1.94 bits per heavy atom. The first kappa shape index (κ1) is 22.1. The van der Waals surface area contributed by atoms with Crippen LogP contribution in [-0.4, -0.2) is 46.2 Å². The summed E-state index contributed by atoms with van der Waals surface area (Å²) in [5, 5.41) is 19.0. The molecular formula is C26H25FN4O3. The van der Waals surface area contributed by atoms with Crippen LogP contribution in [0.25, 0.3) is 10.9 Å². The number of hydrogen-bond donors (Lipinski definition) is 1. The Balaban J connectivity index is 1.51. The summed E-state index contributed by atoms with van der Waals surface area (Å²) >= 11 is 0. The van der Waals surface area contributed by atoms with Gasteiger partial charge >= 0.3 is 5.97 Å². The lowest BCUT2D eigenvalue weighted by molar-refractivity contribution is 0.0695. The summed E-state index contributed by atoms with van der Waals surface area (Å²) in [7, 11) is 0. The maximum Gasteiger partial charge on any atom is 0.341 e. The molecule has 2 aromatic carbocycles. The van der Waals surface area contributed by atoms with Crippen LogP contribution in [0, 0.1) is 17.1 Å². The zero-order chi connectivity index (χ0) is 23.8. The first-order valence-corrected chi connectivity index (χ1v) is 11.5. The van der Waals surface area contributed by atoms with Crippen molar-refractivity contribution in [1.29, 1.82) is 5.26 Å². The Kier molecular flexibility index (Phi) is 5.80. The molecule has 0 amide bonds. The number of carboxylic acids is 1. The fourth-order valence-corrected chi connectivity index (χ4v) is 4.89. The van der Waals surface area contributed by atoms with E-state index in [0.717, 1.165) is 25.5 Å². The standard InChI is InChI=1S/C26H25FN4O3/c27-22-12-20-23(31(18-6-7-18)16-21(25(20)32)26(33)34)13-24(22)30-11-10-29(15-19(30)8-9-28)14-17-4-2-1-3-5-17/h1-5,12-13,16,18-19H,6-8,10-11,14-15H2,(H,33,34). The number of nitrogens with zero attached hydrogens (tertiary/aromatic N) is 4. The number of aromatic nitrogens is 1. The van der Waals surface area contributed by atoms with Crippen LogP contribution in [0.2, 0.25) is 0 Å². The minimum Gasteiger partial charge on any atom is -0.477 e. The lowest BCUT2D eigenvalue weighted by Gasteiger charge is -2.42. The van der Waals surface area contributed by atoms with Crippen molar-refractivity contribution in [3.05, 3.63) is 75.8 Å². The summed E-state index contributed by atoms with van der Waals surface area (Å²) in [5.41, 5.74) is 1.06. The topological polar surface area (TPSA) is 89.6 Å². The average molecular weight is 461 g/mol. The van der Waals surface area contributed by atoms with Crippen molar-refractivity contribution in [2.24, 2.45) is 0 Å². The molecule has 1 aliphatic heterocycles. The molecule has 2 aliphatic rings. The van der Waals surface area contributed by atoms with Crippen LogP contribution in [0.15, 0.2) is 53.5 Å². The van der Waals surface area contributed by atoms with Crippen LogP contribution in [-0.2, 0) is 6.54 Å². The van der Waals surface area contributed by atoms with Crippen LogP contribution >= 0.6 is 0 Å². The smallest absolute Gasteiger partial charge is 0.341 e. The van der Waals surface area contributed by atoms with Gasteiger partial charge in [-0.15, -0.1) is 0 Å². The lowest BCUT2D eigenvalue weighted by atomic mass is 10.0. The number of carboxylic acid groups (broad SMARTS) is 1. The quantitative estimate of drug-likeness (QED) is 0.602. The first-order chi connectivity index (χ1) is 16.5. The molecule has 0 radical (unpaired) electrons. The Labute approximate surface area is 196 Å². The number of halogens is 1. The number of fused-ring (bicyclic) bond motifs is 1. The molecule has 5 rings (SSSR count). The van der Waals surface area contributed by atoms with Gasteiger partial charge in [0.1, 0.15) is 11.4 Å². The third-order valence-electron chi connectivity index (χ3n) is 6.72. The van der Waals surface area contributed by atoms with Gasteiger partial charge in [-0.3, -0.25) is 9.69 Å². The Bertz CT molecular complexity index is 1340. The monoisotopic (exact) mass is 460 g/mol. The van der Waals surface area contributed by atoms with Crippen molar-refractivity contribution in [2.75, 3.05) is 24.5 Å². The SMILES string of the molecule is N#CCC1CN(Cc2ccccc2)CCN1c1cc2c(cc1F)c(=O)c(C(=O)O)cn2C1CC1. The molecule has 1 N–H and O–H groups in total. The normalized spacial score (nSPS) is 18.7. The van der Waals surface area contributed by atoms with Gasteiger partial charge in [-0.05, 0) is 30.5 Å². The molecule has 34 heavy (non-hydrogen) atoms. The van der Waals surface area contributed by atoms with Crippen LogP contribution in [0.5, 0.6) is 0 Å². The van der Waals surface area contributed by atoms with Gasteiger partial charge in [-0.25, -0.2) is 9.18 Å². The summed E-state index contributed by atoms with van der Waals surface area (Å²) in [5.74, 6) is -1.89. The molecule has 1 unspecified atom stereocenters. The number of aromatic carboxylic acids is 1. The molecule has 0 spiro atoms. The molecule has 2 heterocycles. The molecular weight excluding hydrogens is 435 g/mol. The third-order valence-corrected chi connectivity index (χ3v) is 6.72. The highest BCUT2D eigenvalue weighted by molar-refractivity contribution is 5.93. The second kappa shape index (κ2) is 8.92. The van der Waals surface area contributed by atoms with Gasteiger partial charge in [0, 0.05) is 43.8 Å². The number of piperazine rings is 1. The van der Waals surface area contributed by atoms with Gasteiger partial charge in [0.15, 0.2) is 0 Å². The summed E-state index contributed by atoms with van der Waals surface area (Å²) < 4.78 is 17.2. The van der Waals surface area contributed by atoms with Gasteiger partial charge in [0.25, 0.3) is 0 Å². The Morgan fingerprint density at radius 3 is 2.62 bits per heavy atom. The number of anilines is 1. The van der Waals surface area contributed by atoms with Crippen LogP contribution < -0.4 is 10.3 Å². The molecule has 0 bridgehead atoms. The largest absolute Gasteiger partial charge is 0.477 e. The van der Waals surface area contributed by atoms with Gasteiger partial charge < -0.3 is 14.6 Å². The molecule has 8 heteroatoms. The van der Waals surface area contributed by atoms with E-state index < -0.39 is 17.2 Å². The number of pyridine rings is 1. The zero-order valence-corrected chi connectivity index (χ0v) is 18.7. The minimum atomic E-state index is -1.31. The molecule has 1 aliphatic carbocycles. The summed E-state index contributed by atoms with van der Waals surface area (Å²) in [6.45, 7) is 2.63. The van der Waals surface area contributed by atoms with E-state index in [-0.39, 0.29) is 29.5 Å². The zero-order valence-electron chi connectivity index (χ0n) is 18.7. The average Bonchev–Trinajstić information content (AvgIpc) is 3.66. The van der Waals surface area contributed by atoms with Crippen molar-refractivity contribution >= 4 is 22.6 Å². The van der Waals surface area contributed by atoms with Gasteiger partial charge in [-0.2, -0.15) is 5.26 Å². The maximum absolute atomic E-state index is 15.4. The number of nitriles is 1.